The lowest BCUT2D eigenvalue weighted by Crippen LogP contribution is -1.98. The van der Waals surface area contributed by atoms with E-state index in [2.05, 4.69) is 31.9 Å². The molecule has 0 amide bonds. The van der Waals surface area contributed by atoms with Crippen molar-refractivity contribution in [3.63, 3.8) is 0 Å². The third-order valence-electron chi connectivity index (χ3n) is 2.49. The maximum Gasteiger partial charge on any atom is 0.130 e. The summed E-state index contributed by atoms with van der Waals surface area (Å²) in [5.74, 6) is 0.475. The second-order valence-electron chi connectivity index (χ2n) is 3.80. The molecule has 0 spiro atoms. The highest BCUT2D eigenvalue weighted by Crippen LogP contribution is 2.19. The van der Waals surface area contributed by atoms with Gasteiger partial charge in [0.05, 0.1) is 0 Å². The lowest BCUT2D eigenvalue weighted by atomic mass is 10.2. The van der Waals surface area contributed by atoms with E-state index in [0.717, 1.165) is 15.6 Å². The molecule has 0 aliphatic carbocycles. The van der Waals surface area contributed by atoms with Crippen molar-refractivity contribution in [3.8, 4) is 5.75 Å². The molecule has 0 heterocycles. The van der Waals surface area contributed by atoms with E-state index in [1.54, 1.807) is 12.1 Å². The van der Waals surface area contributed by atoms with Crippen molar-refractivity contribution in [2.75, 3.05) is 0 Å². The normalized spacial score (nSPS) is 10.4. The predicted molar refractivity (Wildman–Crippen MR) is 77.5 cm³/mol. The smallest absolute Gasteiger partial charge is 0.130 e. The molecule has 0 fully saturated rings. The molecule has 0 saturated heterocycles. The molecule has 0 aliphatic heterocycles. The van der Waals surface area contributed by atoms with E-state index in [4.69, 9.17) is 4.74 Å². The Hall–Kier alpha value is -0.870. The lowest BCUT2D eigenvalue weighted by Gasteiger charge is -2.08. The maximum atomic E-state index is 13.6. The molecule has 0 radical (unpaired) electrons. The number of rotatable bonds is 4. The quantitative estimate of drug-likeness (QED) is 0.680. The third-order valence-corrected chi connectivity index (χ3v) is 3.63. The minimum absolute atomic E-state index is 0.229. The van der Waals surface area contributed by atoms with Gasteiger partial charge < -0.3 is 4.74 Å². The summed E-state index contributed by atoms with van der Waals surface area (Å²) < 4.78 is 19.8. The molecule has 2 rings (SSSR count). The number of benzene rings is 2. The van der Waals surface area contributed by atoms with Crippen LogP contribution in [0.2, 0.25) is 0 Å². The van der Waals surface area contributed by atoms with Gasteiger partial charge in [-0.25, -0.2) is 4.39 Å². The first-order valence-electron chi connectivity index (χ1n) is 5.40. The molecule has 0 saturated carbocycles. The molecular weight excluding hydrogens is 363 g/mol. The first-order chi connectivity index (χ1) is 8.69. The van der Waals surface area contributed by atoms with Crippen molar-refractivity contribution in [2.24, 2.45) is 0 Å². The summed E-state index contributed by atoms with van der Waals surface area (Å²) in [4.78, 5) is 0. The van der Waals surface area contributed by atoms with Gasteiger partial charge in [0.15, 0.2) is 0 Å². The molecule has 4 heteroatoms. The fourth-order valence-electron chi connectivity index (χ4n) is 1.47. The molecule has 2 aromatic rings. The highest BCUT2D eigenvalue weighted by Gasteiger charge is 2.03. The van der Waals surface area contributed by atoms with E-state index in [0.29, 0.717) is 5.56 Å². The number of alkyl halides is 1. The predicted octanol–water partition coefficient (Wildman–Crippen LogP) is 5.06. The van der Waals surface area contributed by atoms with Crippen molar-refractivity contribution in [1.29, 1.82) is 0 Å². The van der Waals surface area contributed by atoms with E-state index >= 15 is 0 Å². The van der Waals surface area contributed by atoms with Crippen LogP contribution in [-0.4, -0.2) is 0 Å². The summed E-state index contributed by atoms with van der Waals surface area (Å²) in [6.45, 7) is 0.229. The van der Waals surface area contributed by atoms with Crippen LogP contribution in [-0.2, 0) is 11.9 Å². The SMILES string of the molecule is Fc1cc(Br)ccc1COc1ccc(CBr)cc1. The number of ether oxygens (including phenoxy) is 1. The van der Waals surface area contributed by atoms with Gasteiger partial charge in [0.2, 0.25) is 0 Å². The van der Waals surface area contributed by atoms with E-state index in [9.17, 15) is 4.39 Å². The molecule has 0 N–H and O–H groups in total. The Morgan fingerprint density at radius 2 is 1.78 bits per heavy atom. The molecule has 0 aliphatic rings. The highest BCUT2D eigenvalue weighted by molar-refractivity contribution is 9.10. The standard InChI is InChI=1S/C14H11Br2FO/c15-8-10-1-5-13(6-2-10)18-9-11-3-4-12(16)7-14(11)17/h1-7H,8-9H2. The molecule has 1 nitrogen and oxygen atoms in total. The van der Waals surface area contributed by atoms with E-state index in [-0.39, 0.29) is 12.4 Å². The zero-order valence-electron chi connectivity index (χ0n) is 9.50. The molecule has 0 aromatic heterocycles. The van der Waals surface area contributed by atoms with Gasteiger partial charge >= 0.3 is 0 Å². The Balaban J connectivity index is 2.02. The Labute approximate surface area is 122 Å². The van der Waals surface area contributed by atoms with E-state index in [1.807, 2.05) is 24.3 Å². The van der Waals surface area contributed by atoms with E-state index in [1.165, 1.54) is 11.6 Å². The maximum absolute atomic E-state index is 13.6. The van der Waals surface area contributed by atoms with Crippen molar-refractivity contribution in [3.05, 3.63) is 63.9 Å². The van der Waals surface area contributed by atoms with Gasteiger partial charge in [-0.3, -0.25) is 0 Å². The minimum atomic E-state index is -0.263. The Bertz CT molecular complexity index is 526. The Morgan fingerprint density at radius 3 is 2.39 bits per heavy atom. The number of hydrogen-bond donors (Lipinski definition) is 0. The summed E-state index contributed by atoms with van der Waals surface area (Å²) in [6, 6.07) is 12.7. The summed E-state index contributed by atoms with van der Waals surface area (Å²) >= 11 is 6.60. The highest BCUT2D eigenvalue weighted by atomic mass is 79.9. The zero-order valence-corrected chi connectivity index (χ0v) is 12.7. The molecular formula is C14H11Br2FO. The van der Waals surface area contributed by atoms with Crippen LogP contribution < -0.4 is 4.74 Å². The molecule has 0 atom stereocenters. The van der Waals surface area contributed by atoms with Crippen LogP contribution in [0.4, 0.5) is 4.39 Å². The molecule has 94 valence electrons. The monoisotopic (exact) mass is 372 g/mol. The average molecular weight is 374 g/mol. The topological polar surface area (TPSA) is 9.23 Å². The van der Waals surface area contributed by atoms with Crippen LogP contribution in [0.1, 0.15) is 11.1 Å². The minimum Gasteiger partial charge on any atom is -0.489 e. The summed E-state index contributed by atoms with van der Waals surface area (Å²) in [7, 11) is 0. The van der Waals surface area contributed by atoms with Gasteiger partial charge in [0.25, 0.3) is 0 Å². The van der Waals surface area contributed by atoms with Crippen LogP contribution in [0.5, 0.6) is 5.75 Å². The zero-order chi connectivity index (χ0) is 13.0. The fraction of sp³-hybridized carbons (Fsp3) is 0.143. The molecule has 18 heavy (non-hydrogen) atoms. The van der Waals surface area contributed by atoms with Crippen LogP contribution in [0.25, 0.3) is 0 Å². The largest absolute Gasteiger partial charge is 0.489 e. The lowest BCUT2D eigenvalue weighted by molar-refractivity contribution is 0.300. The van der Waals surface area contributed by atoms with Gasteiger partial charge in [-0.15, -0.1) is 0 Å². The number of halogens is 3. The van der Waals surface area contributed by atoms with Gasteiger partial charge in [-0.1, -0.05) is 50.1 Å². The second kappa shape index (κ2) is 6.34. The molecule has 0 unspecified atom stereocenters. The number of hydrogen-bond acceptors (Lipinski definition) is 1. The Kier molecular flexibility index (Phi) is 4.78. The van der Waals surface area contributed by atoms with Crippen molar-refractivity contribution in [1.82, 2.24) is 0 Å². The molecule has 2 aromatic carbocycles. The summed E-state index contributed by atoms with van der Waals surface area (Å²) in [6.07, 6.45) is 0. The van der Waals surface area contributed by atoms with Gasteiger partial charge in [0.1, 0.15) is 18.2 Å². The van der Waals surface area contributed by atoms with Crippen LogP contribution in [0.3, 0.4) is 0 Å². The van der Waals surface area contributed by atoms with Gasteiger partial charge in [-0.2, -0.15) is 0 Å². The van der Waals surface area contributed by atoms with Crippen LogP contribution >= 0.6 is 31.9 Å². The first kappa shape index (κ1) is 13.6. The summed E-state index contributed by atoms with van der Waals surface area (Å²) in [5.41, 5.74) is 1.72. The fourth-order valence-corrected chi connectivity index (χ4v) is 2.18. The van der Waals surface area contributed by atoms with Gasteiger partial charge in [0, 0.05) is 15.4 Å². The third kappa shape index (κ3) is 3.56. The average Bonchev–Trinajstić information content (AvgIpc) is 2.38. The van der Waals surface area contributed by atoms with E-state index < -0.39 is 0 Å². The van der Waals surface area contributed by atoms with Gasteiger partial charge in [-0.05, 0) is 29.8 Å². The van der Waals surface area contributed by atoms with Crippen molar-refractivity contribution in [2.45, 2.75) is 11.9 Å². The molecule has 0 bridgehead atoms. The van der Waals surface area contributed by atoms with Crippen molar-refractivity contribution < 1.29 is 9.13 Å². The van der Waals surface area contributed by atoms with Crippen molar-refractivity contribution >= 4 is 31.9 Å². The Morgan fingerprint density at radius 1 is 1.06 bits per heavy atom. The van der Waals surface area contributed by atoms with Crippen LogP contribution in [0, 0.1) is 5.82 Å². The second-order valence-corrected chi connectivity index (χ2v) is 5.28. The first-order valence-corrected chi connectivity index (χ1v) is 7.32. The summed E-state index contributed by atoms with van der Waals surface area (Å²) in [5, 5.41) is 0.814. The van der Waals surface area contributed by atoms with Crippen LogP contribution in [0.15, 0.2) is 46.9 Å².